The predicted octanol–water partition coefficient (Wildman–Crippen LogP) is 0.786. The van der Waals surface area contributed by atoms with E-state index in [4.69, 9.17) is 11.5 Å². The van der Waals surface area contributed by atoms with Crippen LogP contribution in [0.2, 0.25) is 0 Å². The third-order valence-corrected chi connectivity index (χ3v) is 2.20. The van der Waals surface area contributed by atoms with Crippen LogP contribution in [0.15, 0.2) is 10.4 Å². The third-order valence-electron chi connectivity index (χ3n) is 1.41. The first kappa shape index (κ1) is 8.99. The van der Waals surface area contributed by atoms with Crippen molar-refractivity contribution in [1.29, 1.82) is 0 Å². The molecule has 1 aromatic heterocycles. The van der Waals surface area contributed by atoms with Gasteiger partial charge in [0.15, 0.2) is 5.96 Å². The number of aromatic nitrogens is 1. The number of rotatable bonds is 2. The van der Waals surface area contributed by atoms with Crippen LogP contribution in [-0.4, -0.2) is 10.9 Å². The highest BCUT2D eigenvalue weighted by Crippen LogP contribution is 2.18. The van der Waals surface area contributed by atoms with Crippen LogP contribution in [0.5, 0.6) is 0 Å². The van der Waals surface area contributed by atoms with Crippen molar-refractivity contribution in [2.24, 2.45) is 16.5 Å². The number of hydrogen-bond donors (Lipinski definition) is 2. The minimum Gasteiger partial charge on any atom is -0.370 e. The maximum Gasteiger partial charge on any atom is 0.186 e. The quantitative estimate of drug-likeness (QED) is 0.527. The lowest BCUT2D eigenvalue weighted by Gasteiger charge is -2.01. The molecule has 0 aromatic carbocycles. The van der Waals surface area contributed by atoms with Gasteiger partial charge < -0.3 is 11.5 Å². The Hall–Kier alpha value is -1.10. The van der Waals surface area contributed by atoms with Crippen LogP contribution in [0.25, 0.3) is 0 Å². The molecular weight excluding hydrogens is 172 g/mol. The van der Waals surface area contributed by atoms with Crippen molar-refractivity contribution in [3.8, 4) is 0 Å². The highest BCUT2D eigenvalue weighted by atomic mass is 32.1. The molecule has 4 nitrogen and oxygen atoms in total. The molecule has 0 aliphatic heterocycles. The largest absolute Gasteiger partial charge is 0.370 e. The molecule has 0 saturated carbocycles. The van der Waals surface area contributed by atoms with Gasteiger partial charge in [0.25, 0.3) is 0 Å². The van der Waals surface area contributed by atoms with Crippen molar-refractivity contribution in [1.82, 2.24) is 4.98 Å². The first-order valence-electron chi connectivity index (χ1n) is 3.60. The molecule has 1 atom stereocenters. The minimum atomic E-state index is -0.0417. The first-order chi connectivity index (χ1) is 5.59. The molecule has 0 radical (unpaired) electrons. The Kier molecular flexibility index (Phi) is 2.65. The molecule has 1 rings (SSSR count). The summed E-state index contributed by atoms with van der Waals surface area (Å²) in [5, 5.41) is 2.99. The van der Waals surface area contributed by atoms with E-state index >= 15 is 0 Å². The second-order valence-electron chi connectivity index (χ2n) is 2.52. The van der Waals surface area contributed by atoms with E-state index in [1.807, 2.05) is 19.2 Å². The number of thiazole rings is 1. The van der Waals surface area contributed by atoms with E-state index in [1.165, 1.54) is 0 Å². The van der Waals surface area contributed by atoms with E-state index in [0.29, 0.717) is 0 Å². The zero-order valence-electron chi connectivity index (χ0n) is 7.11. The Bertz CT molecular complexity index is 287. The molecule has 0 saturated heterocycles. The van der Waals surface area contributed by atoms with Crippen molar-refractivity contribution in [3.05, 3.63) is 16.1 Å². The van der Waals surface area contributed by atoms with Gasteiger partial charge in [0.05, 0.1) is 16.7 Å². The zero-order chi connectivity index (χ0) is 9.14. The van der Waals surface area contributed by atoms with Crippen LogP contribution >= 0.6 is 11.3 Å². The predicted molar refractivity (Wildman–Crippen MR) is 51.1 cm³/mol. The minimum absolute atomic E-state index is 0.0417. The Morgan fingerprint density at radius 3 is 2.75 bits per heavy atom. The summed E-state index contributed by atoms with van der Waals surface area (Å²) in [7, 11) is 0. The molecule has 1 heterocycles. The molecule has 12 heavy (non-hydrogen) atoms. The third kappa shape index (κ3) is 2.20. The smallest absolute Gasteiger partial charge is 0.186 e. The average molecular weight is 184 g/mol. The van der Waals surface area contributed by atoms with Gasteiger partial charge in [-0.15, -0.1) is 11.3 Å². The number of hydrogen-bond acceptors (Lipinski definition) is 3. The fourth-order valence-electron chi connectivity index (χ4n) is 0.862. The molecule has 0 aliphatic carbocycles. The Morgan fingerprint density at radius 1 is 1.67 bits per heavy atom. The zero-order valence-corrected chi connectivity index (χ0v) is 7.93. The van der Waals surface area contributed by atoms with E-state index in [1.54, 1.807) is 11.3 Å². The second-order valence-corrected chi connectivity index (χ2v) is 3.58. The van der Waals surface area contributed by atoms with E-state index in [9.17, 15) is 0 Å². The molecule has 4 N–H and O–H groups in total. The first-order valence-corrected chi connectivity index (χ1v) is 4.48. The van der Waals surface area contributed by atoms with Crippen LogP contribution in [0.4, 0.5) is 0 Å². The van der Waals surface area contributed by atoms with Gasteiger partial charge in [-0.25, -0.2) is 9.98 Å². The Morgan fingerprint density at radius 2 is 2.33 bits per heavy atom. The highest BCUT2D eigenvalue weighted by molar-refractivity contribution is 7.09. The number of nitrogens with zero attached hydrogens (tertiary/aromatic N) is 2. The monoisotopic (exact) mass is 184 g/mol. The summed E-state index contributed by atoms with van der Waals surface area (Å²) in [6.45, 7) is 3.87. The lowest BCUT2D eigenvalue weighted by molar-refractivity contribution is 0.784. The summed E-state index contributed by atoms with van der Waals surface area (Å²) in [6, 6.07) is -0.0417. The van der Waals surface area contributed by atoms with Gasteiger partial charge in [-0.2, -0.15) is 0 Å². The van der Waals surface area contributed by atoms with Crippen molar-refractivity contribution in [2.75, 3.05) is 0 Å². The van der Waals surface area contributed by atoms with E-state index in [0.717, 1.165) is 10.7 Å². The van der Waals surface area contributed by atoms with Crippen molar-refractivity contribution < 1.29 is 0 Å². The SMILES string of the molecule is Cc1nc(C(C)N=C(N)N)cs1. The van der Waals surface area contributed by atoms with Crippen LogP contribution < -0.4 is 11.5 Å². The van der Waals surface area contributed by atoms with Crippen LogP contribution in [0, 0.1) is 6.92 Å². The van der Waals surface area contributed by atoms with Gasteiger partial charge in [0.2, 0.25) is 0 Å². The summed E-state index contributed by atoms with van der Waals surface area (Å²) < 4.78 is 0. The van der Waals surface area contributed by atoms with Crippen molar-refractivity contribution in [3.63, 3.8) is 0 Å². The molecule has 0 amide bonds. The summed E-state index contributed by atoms with van der Waals surface area (Å²) in [5.41, 5.74) is 11.4. The topological polar surface area (TPSA) is 77.3 Å². The maximum atomic E-state index is 5.24. The Labute approximate surface area is 75.3 Å². The van der Waals surface area contributed by atoms with Gasteiger partial charge in [-0.3, -0.25) is 0 Å². The summed E-state index contributed by atoms with van der Waals surface area (Å²) >= 11 is 1.60. The molecule has 0 spiro atoms. The second kappa shape index (κ2) is 3.53. The standard InChI is InChI=1S/C7H12N4S/c1-4(10-7(8)9)6-3-12-5(2)11-6/h3-4H,1-2H3,(H4,8,9,10). The van der Waals surface area contributed by atoms with Gasteiger partial charge in [0.1, 0.15) is 0 Å². The number of guanidine groups is 1. The van der Waals surface area contributed by atoms with Gasteiger partial charge >= 0.3 is 0 Å². The number of aliphatic imine (C=N–C) groups is 1. The fourth-order valence-corrected chi connectivity index (χ4v) is 1.56. The average Bonchev–Trinajstić information content (AvgIpc) is 2.34. The van der Waals surface area contributed by atoms with Crippen molar-refractivity contribution in [2.45, 2.75) is 19.9 Å². The summed E-state index contributed by atoms with van der Waals surface area (Å²) in [4.78, 5) is 8.24. The highest BCUT2D eigenvalue weighted by Gasteiger charge is 2.06. The van der Waals surface area contributed by atoms with Crippen molar-refractivity contribution >= 4 is 17.3 Å². The van der Waals surface area contributed by atoms with E-state index in [-0.39, 0.29) is 12.0 Å². The van der Waals surface area contributed by atoms with E-state index < -0.39 is 0 Å². The molecular formula is C7H12N4S. The number of aryl methyl sites for hydroxylation is 1. The summed E-state index contributed by atoms with van der Waals surface area (Å²) in [6.07, 6.45) is 0. The van der Waals surface area contributed by atoms with Crippen LogP contribution in [-0.2, 0) is 0 Å². The summed E-state index contributed by atoms with van der Waals surface area (Å²) in [5.74, 6) is 0.105. The number of nitrogens with two attached hydrogens (primary N) is 2. The molecule has 5 heteroatoms. The lowest BCUT2D eigenvalue weighted by Crippen LogP contribution is -2.23. The molecule has 0 aliphatic rings. The van der Waals surface area contributed by atoms with Gasteiger partial charge in [-0.1, -0.05) is 0 Å². The fraction of sp³-hybridized carbons (Fsp3) is 0.429. The van der Waals surface area contributed by atoms with Gasteiger partial charge in [-0.05, 0) is 13.8 Å². The maximum absolute atomic E-state index is 5.24. The molecule has 0 bridgehead atoms. The van der Waals surface area contributed by atoms with Gasteiger partial charge in [0, 0.05) is 5.38 Å². The molecule has 1 unspecified atom stereocenters. The molecule has 1 aromatic rings. The molecule has 0 fully saturated rings. The Balaban J connectivity index is 2.78. The normalized spacial score (nSPS) is 12.5. The van der Waals surface area contributed by atoms with E-state index in [2.05, 4.69) is 9.98 Å². The molecule has 66 valence electrons. The lowest BCUT2D eigenvalue weighted by atomic mass is 10.3. The van der Waals surface area contributed by atoms with Crippen LogP contribution in [0.1, 0.15) is 23.7 Å². The van der Waals surface area contributed by atoms with Crippen LogP contribution in [0.3, 0.4) is 0 Å².